The molecule has 2 nitrogen and oxygen atoms in total. The SMILES string of the molecule is BC(B)(O)c1ccc(C)cn1. The highest BCUT2D eigenvalue weighted by molar-refractivity contribution is 6.38. The van der Waals surface area contributed by atoms with Crippen molar-refractivity contribution in [3.63, 3.8) is 0 Å². The van der Waals surface area contributed by atoms with Gasteiger partial charge in [-0.25, -0.2) is 0 Å². The van der Waals surface area contributed by atoms with E-state index >= 15 is 0 Å². The van der Waals surface area contributed by atoms with E-state index in [0.717, 1.165) is 5.56 Å². The van der Waals surface area contributed by atoms with Crippen molar-refractivity contribution in [2.45, 2.75) is 12.3 Å². The van der Waals surface area contributed by atoms with E-state index in [1.54, 1.807) is 21.9 Å². The molecule has 11 heavy (non-hydrogen) atoms. The van der Waals surface area contributed by atoms with Crippen molar-refractivity contribution in [3.8, 4) is 0 Å². The highest BCUT2D eigenvalue weighted by Gasteiger charge is 2.16. The van der Waals surface area contributed by atoms with Crippen LogP contribution in [0.4, 0.5) is 0 Å². The van der Waals surface area contributed by atoms with E-state index in [9.17, 15) is 5.11 Å². The molecule has 1 aromatic rings. The summed E-state index contributed by atoms with van der Waals surface area (Å²) >= 11 is 0. The van der Waals surface area contributed by atoms with E-state index in [1.807, 2.05) is 19.1 Å². The predicted octanol–water partition coefficient (Wildman–Crippen LogP) is -1.24. The first-order valence-corrected chi connectivity index (χ1v) is 3.65. The fraction of sp³-hybridized carbons (Fsp3) is 0.286. The number of hydrogen-bond acceptors (Lipinski definition) is 2. The van der Waals surface area contributed by atoms with Crippen LogP contribution in [0.2, 0.25) is 0 Å². The van der Waals surface area contributed by atoms with Gasteiger partial charge in [0.15, 0.2) is 0 Å². The summed E-state index contributed by atoms with van der Waals surface area (Å²) in [6, 6.07) is 3.79. The molecule has 0 saturated heterocycles. The van der Waals surface area contributed by atoms with Crippen LogP contribution in [-0.2, 0) is 5.40 Å². The highest BCUT2D eigenvalue weighted by Crippen LogP contribution is 2.09. The zero-order valence-corrected chi connectivity index (χ0v) is 7.13. The number of pyridine rings is 1. The molecule has 0 radical (unpaired) electrons. The third-order valence-electron chi connectivity index (χ3n) is 1.54. The maximum absolute atomic E-state index is 9.52. The van der Waals surface area contributed by atoms with Crippen molar-refractivity contribution >= 4 is 15.7 Å². The van der Waals surface area contributed by atoms with Crippen molar-refractivity contribution in [3.05, 3.63) is 29.6 Å². The van der Waals surface area contributed by atoms with Gasteiger partial charge in [-0.05, 0) is 18.6 Å². The maximum atomic E-state index is 9.52. The summed E-state index contributed by atoms with van der Waals surface area (Å²) in [5.41, 5.74) is 1.82. The molecule has 0 spiro atoms. The normalized spacial score (nSPS) is 11.5. The zero-order valence-electron chi connectivity index (χ0n) is 7.13. The Labute approximate surface area is 68.5 Å². The van der Waals surface area contributed by atoms with Gasteiger partial charge in [0.05, 0.1) is 5.69 Å². The lowest BCUT2D eigenvalue weighted by Crippen LogP contribution is -2.27. The summed E-state index contributed by atoms with van der Waals surface area (Å²) in [5.74, 6) is 0. The fourth-order valence-electron chi connectivity index (χ4n) is 0.830. The largest absolute Gasteiger partial charge is 0.402 e. The Morgan fingerprint density at radius 2 is 2.09 bits per heavy atom. The monoisotopic (exact) mass is 147 g/mol. The van der Waals surface area contributed by atoms with Gasteiger partial charge in [-0.3, -0.25) is 4.98 Å². The van der Waals surface area contributed by atoms with Crippen molar-refractivity contribution in [1.29, 1.82) is 0 Å². The molecule has 0 aliphatic rings. The summed E-state index contributed by atoms with van der Waals surface area (Å²) in [5, 5.41) is 8.69. The standard InChI is InChI=1S/C7H11B2NO/c1-5-2-3-6(10-4-5)7(8,9)11/h2-4,11H,8-9H2,1H3. The Morgan fingerprint density at radius 3 is 2.45 bits per heavy atom. The van der Waals surface area contributed by atoms with Gasteiger partial charge in [-0.2, -0.15) is 0 Å². The minimum Gasteiger partial charge on any atom is -0.402 e. The maximum Gasteiger partial charge on any atom is 0.139 e. The van der Waals surface area contributed by atoms with E-state index in [0.29, 0.717) is 5.69 Å². The molecule has 1 heterocycles. The van der Waals surface area contributed by atoms with Crippen molar-refractivity contribution in [2.75, 3.05) is 0 Å². The molecule has 0 atom stereocenters. The lowest BCUT2D eigenvalue weighted by atomic mass is 9.63. The second-order valence-corrected chi connectivity index (χ2v) is 3.28. The second-order valence-electron chi connectivity index (χ2n) is 3.28. The molecular weight excluding hydrogens is 136 g/mol. The molecular formula is C7H11B2NO. The van der Waals surface area contributed by atoms with Crippen LogP contribution in [0.15, 0.2) is 18.3 Å². The number of rotatable bonds is 1. The molecule has 0 fully saturated rings. The topological polar surface area (TPSA) is 33.1 Å². The molecule has 0 unspecified atom stereocenters. The van der Waals surface area contributed by atoms with Gasteiger partial charge in [0.2, 0.25) is 0 Å². The number of aryl methyl sites for hydroxylation is 1. The van der Waals surface area contributed by atoms with Crippen LogP contribution in [0.1, 0.15) is 11.3 Å². The summed E-state index contributed by atoms with van der Waals surface area (Å²) < 4.78 is 0. The molecule has 0 bridgehead atoms. The predicted molar refractivity (Wildman–Crippen MR) is 50.0 cm³/mol. The smallest absolute Gasteiger partial charge is 0.139 e. The van der Waals surface area contributed by atoms with E-state index < -0.39 is 5.40 Å². The summed E-state index contributed by atoms with van der Waals surface area (Å²) in [6.45, 7) is 1.97. The van der Waals surface area contributed by atoms with Crippen molar-refractivity contribution in [2.24, 2.45) is 0 Å². The van der Waals surface area contributed by atoms with Gasteiger partial charge in [-0.15, -0.1) is 0 Å². The average molecular weight is 147 g/mol. The Kier molecular flexibility index (Phi) is 2.05. The number of hydrogen-bond donors (Lipinski definition) is 1. The van der Waals surface area contributed by atoms with Crippen molar-refractivity contribution < 1.29 is 5.11 Å². The van der Waals surface area contributed by atoms with Crippen LogP contribution in [-0.4, -0.2) is 25.8 Å². The Morgan fingerprint density at radius 1 is 1.45 bits per heavy atom. The van der Waals surface area contributed by atoms with E-state index in [-0.39, 0.29) is 0 Å². The van der Waals surface area contributed by atoms with Gasteiger partial charge >= 0.3 is 0 Å². The Hall–Kier alpha value is -0.760. The number of aliphatic hydroxyl groups is 1. The summed E-state index contributed by atoms with van der Waals surface area (Å²) in [6.07, 6.45) is 1.76. The molecule has 1 rings (SSSR count). The third kappa shape index (κ3) is 2.09. The fourth-order valence-corrected chi connectivity index (χ4v) is 0.830. The number of nitrogens with zero attached hydrogens (tertiary/aromatic N) is 1. The van der Waals surface area contributed by atoms with Crippen LogP contribution >= 0.6 is 0 Å². The first kappa shape index (κ1) is 8.34. The van der Waals surface area contributed by atoms with E-state index in [1.165, 1.54) is 0 Å². The molecule has 0 aliphatic carbocycles. The molecule has 56 valence electrons. The van der Waals surface area contributed by atoms with Crippen LogP contribution in [0, 0.1) is 6.92 Å². The quantitative estimate of drug-likeness (QED) is 0.503. The van der Waals surface area contributed by atoms with Gasteiger partial charge in [-0.1, -0.05) is 6.07 Å². The molecule has 1 aromatic heterocycles. The summed E-state index contributed by atoms with van der Waals surface area (Å²) in [4.78, 5) is 4.10. The lowest BCUT2D eigenvalue weighted by molar-refractivity contribution is 0.212. The van der Waals surface area contributed by atoms with Crippen LogP contribution < -0.4 is 0 Å². The number of aromatic nitrogens is 1. The third-order valence-corrected chi connectivity index (χ3v) is 1.54. The van der Waals surface area contributed by atoms with Crippen LogP contribution in [0.3, 0.4) is 0 Å². The summed E-state index contributed by atoms with van der Waals surface area (Å²) in [7, 11) is 3.45. The first-order valence-electron chi connectivity index (χ1n) is 3.65. The second kappa shape index (κ2) is 2.70. The Bertz CT molecular complexity index is 240. The van der Waals surface area contributed by atoms with Crippen molar-refractivity contribution in [1.82, 2.24) is 4.98 Å². The van der Waals surface area contributed by atoms with Crippen LogP contribution in [0.25, 0.3) is 0 Å². The minimum absolute atomic E-state index is 0.711. The molecule has 0 saturated carbocycles. The van der Waals surface area contributed by atoms with Gasteiger partial charge < -0.3 is 5.11 Å². The molecule has 4 heteroatoms. The molecule has 1 N–H and O–H groups in total. The van der Waals surface area contributed by atoms with Gasteiger partial charge in [0, 0.05) is 11.6 Å². The lowest BCUT2D eigenvalue weighted by Gasteiger charge is -2.15. The minimum atomic E-state index is -0.826. The Balaban J connectivity index is 2.99. The first-order chi connectivity index (χ1) is 5.00. The van der Waals surface area contributed by atoms with E-state index in [4.69, 9.17) is 0 Å². The molecule has 0 amide bonds. The highest BCUT2D eigenvalue weighted by atomic mass is 16.3. The average Bonchev–Trinajstić information content (AvgIpc) is 1.86. The zero-order chi connectivity index (χ0) is 8.48. The van der Waals surface area contributed by atoms with Crippen LogP contribution in [0.5, 0.6) is 0 Å². The van der Waals surface area contributed by atoms with Gasteiger partial charge in [0.1, 0.15) is 15.7 Å². The molecule has 0 aromatic carbocycles. The van der Waals surface area contributed by atoms with E-state index in [2.05, 4.69) is 4.98 Å². The van der Waals surface area contributed by atoms with Gasteiger partial charge in [0.25, 0.3) is 0 Å². The molecule has 0 aliphatic heterocycles.